The Labute approximate surface area is 119 Å². The van der Waals surface area contributed by atoms with Crippen LogP contribution in [0.5, 0.6) is 0 Å². The van der Waals surface area contributed by atoms with E-state index in [0.29, 0.717) is 17.4 Å². The van der Waals surface area contributed by atoms with Gasteiger partial charge in [-0.2, -0.15) is 0 Å². The molecule has 2 heterocycles. The van der Waals surface area contributed by atoms with Crippen molar-refractivity contribution in [2.24, 2.45) is 5.92 Å². The summed E-state index contributed by atoms with van der Waals surface area (Å²) in [4.78, 5) is 10.0. The molecule has 0 aliphatic carbocycles. The zero-order valence-electron chi connectivity index (χ0n) is 12.2. The van der Waals surface area contributed by atoms with Gasteiger partial charge >= 0.3 is 0 Å². The maximum absolute atomic E-state index is 14.1. The van der Waals surface area contributed by atoms with Crippen LogP contribution in [0.4, 0.5) is 10.2 Å². The van der Waals surface area contributed by atoms with Gasteiger partial charge in [-0.15, -0.1) is 0 Å². The summed E-state index contributed by atoms with van der Waals surface area (Å²) in [6, 6.07) is 0. The summed E-state index contributed by atoms with van der Waals surface area (Å²) in [5.41, 5.74) is 0.412. The van der Waals surface area contributed by atoms with Gasteiger partial charge in [-0.1, -0.05) is 0 Å². The number of hydrogen-bond donors (Lipinski definition) is 1. The summed E-state index contributed by atoms with van der Waals surface area (Å²) in [5.74, 6) is 0.676. The summed E-state index contributed by atoms with van der Waals surface area (Å²) in [6.45, 7) is 5.89. The van der Waals surface area contributed by atoms with Gasteiger partial charge in [-0.25, -0.2) is 14.4 Å². The number of aryl methyl sites for hydroxylation is 1. The second kappa shape index (κ2) is 7.50. The molecule has 1 saturated heterocycles. The number of rotatable bonds is 6. The van der Waals surface area contributed by atoms with E-state index in [1.165, 1.54) is 12.7 Å². The minimum absolute atomic E-state index is 0.291. The van der Waals surface area contributed by atoms with Crippen LogP contribution in [0.25, 0.3) is 0 Å². The quantitative estimate of drug-likeness (QED) is 0.799. The highest BCUT2D eigenvalue weighted by molar-refractivity contribution is 5.41. The predicted octanol–water partition coefficient (Wildman–Crippen LogP) is 1.38. The molecular weight excluding hydrogens is 259 g/mol. The van der Waals surface area contributed by atoms with Crippen molar-refractivity contribution in [3.8, 4) is 0 Å². The average Bonchev–Trinajstić information content (AvgIpc) is 2.47. The van der Waals surface area contributed by atoms with Crippen molar-refractivity contribution >= 4 is 5.82 Å². The van der Waals surface area contributed by atoms with Crippen molar-refractivity contribution in [3.63, 3.8) is 0 Å². The minimum atomic E-state index is -0.291. The maximum atomic E-state index is 14.1. The topological polar surface area (TPSA) is 50.3 Å². The van der Waals surface area contributed by atoms with E-state index in [-0.39, 0.29) is 5.82 Å². The Morgan fingerprint density at radius 1 is 1.50 bits per heavy atom. The Hall–Kier alpha value is -1.27. The lowest BCUT2D eigenvalue weighted by Crippen LogP contribution is -2.41. The molecule has 1 atom stereocenters. The van der Waals surface area contributed by atoms with Gasteiger partial charge < -0.3 is 15.0 Å². The number of methoxy groups -OCH3 is 1. The largest absolute Gasteiger partial charge is 0.383 e. The van der Waals surface area contributed by atoms with E-state index in [1.807, 2.05) is 4.90 Å². The van der Waals surface area contributed by atoms with Crippen LogP contribution < -0.4 is 10.2 Å². The van der Waals surface area contributed by atoms with Gasteiger partial charge in [0.1, 0.15) is 6.33 Å². The van der Waals surface area contributed by atoms with Gasteiger partial charge in [-0.3, -0.25) is 0 Å². The molecule has 0 radical (unpaired) electrons. The first-order valence-electron chi connectivity index (χ1n) is 7.14. The molecule has 2 rings (SSSR count). The molecule has 5 nitrogen and oxygen atoms in total. The molecule has 1 aromatic rings. The third-order valence-electron chi connectivity index (χ3n) is 3.68. The molecule has 0 bridgehead atoms. The zero-order valence-corrected chi connectivity index (χ0v) is 12.2. The second-order valence-corrected chi connectivity index (χ2v) is 5.25. The highest BCUT2D eigenvalue weighted by Gasteiger charge is 2.23. The fraction of sp³-hybridized carbons (Fsp3) is 0.714. The van der Waals surface area contributed by atoms with Gasteiger partial charge in [0.05, 0.1) is 12.3 Å². The fourth-order valence-corrected chi connectivity index (χ4v) is 2.57. The summed E-state index contributed by atoms with van der Waals surface area (Å²) < 4.78 is 19.1. The Morgan fingerprint density at radius 3 is 3.15 bits per heavy atom. The smallest absolute Gasteiger partial charge is 0.186 e. The van der Waals surface area contributed by atoms with Crippen LogP contribution in [0.2, 0.25) is 0 Å². The molecule has 0 saturated carbocycles. The lowest BCUT2D eigenvalue weighted by atomic mass is 9.98. The van der Waals surface area contributed by atoms with Crippen LogP contribution >= 0.6 is 0 Å². The van der Waals surface area contributed by atoms with E-state index in [2.05, 4.69) is 15.3 Å². The van der Waals surface area contributed by atoms with Gasteiger partial charge in [0.25, 0.3) is 0 Å². The Kier molecular flexibility index (Phi) is 5.67. The molecule has 1 unspecified atom stereocenters. The Bertz CT molecular complexity index is 430. The van der Waals surface area contributed by atoms with Crippen molar-refractivity contribution < 1.29 is 9.13 Å². The highest BCUT2D eigenvalue weighted by Crippen LogP contribution is 2.24. The lowest BCUT2D eigenvalue weighted by Gasteiger charge is -2.33. The molecule has 1 aromatic heterocycles. The number of ether oxygens (including phenoxy) is 1. The van der Waals surface area contributed by atoms with E-state index in [1.54, 1.807) is 14.0 Å². The van der Waals surface area contributed by atoms with Gasteiger partial charge in [0.2, 0.25) is 0 Å². The molecule has 0 amide bonds. The first kappa shape index (κ1) is 15.1. The Morgan fingerprint density at radius 2 is 2.35 bits per heavy atom. The summed E-state index contributed by atoms with van der Waals surface area (Å²) >= 11 is 0. The van der Waals surface area contributed by atoms with Gasteiger partial charge in [0.15, 0.2) is 11.6 Å². The van der Waals surface area contributed by atoms with Crippen LogP contribution in [0.3, 0.4) is 0 Å². The normalized spacial score (nSPS) is 19.4. The highest BCUT2D eigenvalue weighted by atomic mass is 19.1. The summed E-state index contributed by atoms with van der Waals surface area (Å²) in [6.07, 6.45) is 3.68. The van der Waals surface area contributed by atoms with E-state index in [0.717, 1.165) is 39.2 Å². The number of halogens is 1. The van der Waals surface area contributed by atoms with Gasteiger partial charge in [0, 0.05) is 26.7 Å². The van der Waals surface area contributed by atoms with E-state index in [9.17, 15) is 4.39 Å². The third kappa shape index (κ3) is 3.86. The van der Waals surface area contributed by atoms with Crippen molar-refractivity contribution in [3.05, 3.63) is 17.8 Å². The monoisotopic (exact) mass is 282 g/mol. The van der Waals surface area contributed by atoms with E-state index >= 15 is 0 Å². The summed E-state index contributed by atoms with van der Waals surface area (Å²) in [7, 11) is 1.70. The van der Waals surface area contributed by atoms with Crippen molar-refractivity contribution in [2.45, 2.75) is 19.8 Å². The average molecular weight is 282 g/mol. The van der Waals surface area contributed by atoms with Gasteiger partial charge in [-0.05, 0) is 32.2 Å². The predicted molar refractivity (Wildman–Crippen MR) is 76.4 cm³/mol. The first-order chi connectivity index (χ1) is 9.72. The molecule has 1 fully saturated rings. The number of aromatic nitrogens is 2. The molecule has 1 aliphatic rings. The molecule has 1 N–H and O–H groups in total. The lowest BCUT2D eigenvalue weighted by molar-refractivity contribution is 0.197. The van der Waals surface area contributed by atoms with Crippen molar-refractivity contribution in [2.75, 3.05) is 44.8 Å². The van der Waals surface area contributed by atoms with Crippen LogP contribution in [0.15, 0.2) is 6.33 Å². The van der Waals surface area contributed by atoms with E-state index < -0.39 is 0 Å². The number of anilines is 1. The number of hydrogen-bond acceptors (Lipinski definition) is 5. The minimum Gasteiger partial charge on any atom is -0.383 e. The zero-order chi connectivity index (χ0) is 14.4. The van der Waals surface area contributed by atoms with Crippen molar-refractivity contribution in [1.29, 1.82) is 0 Å². The molecule has 6 heteroatoms. The standard InChI is InChI=1S/C14H23FN4O/c1-11-13(15)14(18-10-17-11)19-6-3-4-12(9-19)8-16-5-7-20-2/h10,12,16H,3-9H2,1-2H3. The second-order valence-electron chi connectivity index (χ2n) is 5.25. The maximum Gasteiger partial charge on any atom is 0.186 e. The number of piperidine rings is 1. The number of nitrogens with zero attached hydrogens (tertiary/aromatic N) is 3. The van der Waals surface area contributed by atoms with Crippen LogP contribution in [0, 0.1) is 18.7 Å². The Balaban J connectivity index is 1.91. The fourth-order valence-electron chi connectivity index (χ4n) is 2.57. The first-order valence-corrected chi connectivity index (χ1v) is 7.14. The SMILES string of the molecule is COCCNCC1CCCN(c2ncnc(C)c2F)C1. The molecule has 20 heavy (non-hydrogen) atoms. The molecule has 1 aliphatic heterocycles. The van der Waals surface area contributed by atoms with Crippen LogP contribution in [-0.4, -0.2) is 49.9 Å². The van der Waals surface area contributed by atoms with Crippen molar-refractivity contribution in [1.82, 2.24) is 15.3 Å². The van der Waals surface area contributed by atoms with Crippen LogP contribution in [0.1, 0.15) is 18.5 Å². The third-order valence-corrected chi connectivity index (χ3v) is 3.68. The molecule has 112 valence electrons. The molecule has 0 spiro atoms. The molecule has 0 aromatic carbocycles. The van der Waals surface area contributed by atoms with E-state index in [4.69, 9.17) is 4.74 Å². The molecular formula is C14H23FN4O. The summed E-state index contributed by atoms with van der Waals surface area (Å²) in [5, 5.41) is 3.38. The number of nitrogens with one attached hydrogen (secondary N) is 1. The van der Waals surface area contributed by atoms with Crippen LogP contribution in [-0.2, 0) is 4.74 Å².